The highest BCUT2D eigenvalue weighted by Crippen LogP contribution is 2.25. The monoisotopic (exact) mass is 374 g/mol. The number of hydrogen-bond acceptors (Lipinski definition) is 9. The van der Waals surface area contributed by atoms with Crippen molar-refractivity contribution in [2.75, 3.05) is 51.0 Å². The van der Waals surface area contributed by atoms with Crippen molar-refractivity contribution in [2.45, 2.75) is 6.04 Å². The summed E-state index contributed by atoms with van der Waals surface area (Å²) in [7, 11) is 1.63. The number of rotatable bonds is 7. The molecule has 1 aromatic heterocycles. The van der Waals surface area contributed by atoms with Gasteiger partial charge >= 0.3 is 5.69 Å². The average Bonchev–Trinajstić information content (AvgIpc) is 2.69. The highest BCUT2D eigenvalue weighted by Gasteiger charge is 2.23. The molecule has 2 heterocycles. The van der Waals surface area contributed by atoms with Gasteiger partial charge in [-0.25, -0.2) is 4.98 Å². The highest BCUT2D eigenvalue weighted by atomic mass is 16.6. The summed E-state index contributed by atoms with van der Waals surface area (Å²) in [6.07, 6.45) is 1.11. The summed E-state index contributed by atoms with van der Waals surface area (Å²) < 4.78 is 10.7. The summed E-state index contributed by atoms with van der Waals surface area (Å²) in [5.41, 5.74) is 6.45. The Balaban J connectivity index is 1.76. The van der Waals surface area contributed by atoms with E-state index in [1.54, 1.807) is 7.11 Å². The molecular weight excluding hydrogens is 352 g/mol. The van der Waals surface area contributed by atoms with Crippen LogP contribution in [0, 0.1) is 10.1 Å². The third kappa shape index (κ3) is 4.60. The molecule has 0 saturated carbocycles. The van der Waals surface area contributed by atoms with Crippen molar-refractivity contribution >= 4 is 17.5 Å². The van der Waals surface area contributed by atoms with Crippen molar-refractivity contribution in [3.8, 4) is 5.75 Å². The number of hydrogen-bond donors (Lipinski definition) is 2. The van der Waals surface area contributed by atoms with E-state index in [1.165, 1.54) is 0 Å². The number of ether oxygens (including phenoxy) is 2. The number of nitro groups is 1. The molecule has 1 fully saturated rings. The second kappa shape index (κ2) is 8.60. The summed E-state index contributed by atoms with van der Waals surface area (Å²) in [5, 5.41) is 14.0. The predicted octanol–water partition coefficient (Wildman–Crippen LogP) is 1.46. The van der Waals surface area contributed by atoms with Gasteiger partial charge in [-0.05, 0) is 17.7 Å². The third-order valence-electron chi connectivity index (χ3n) is 4.44. The Morgan fingerprint density at radius 3 is 2.67 bits per heavy atom. The van der Waals surface area contributed by atoms with Crippen LogP contribution in [0.25, 0.3) is 0 Å². The molecule has 1 saturated heterocycles. The van der Waals surface area contributed by atoms with Gasteiger partial charge in [0.1, 0.15) is 11.9 Å². The van der Waals surface area contributed by atoms with Gasteiger partial charge in [-0.3, -0.25) is 15.0 Å². The molecule has 27 heavy (non-hydrogen) atoms. The molecule has 10 heteroatoms. The lowest BCUT2D eigenvalue weighted by Crippen LogP contribution is -2.41. The van der Waals surface area contributed by atoms with Crippen molar-refractivity contribution in [1.82, 2.24) is 14.9 Å². The van der Waals surface area contributed by atoms with Crippen LogP contribution in [0.3, 0.4) is 0 Å². The number of anilines is 2. The fourth-order valence-corrected chi connectivity index (χ4v) is 2.98. The van der Waals surface area contributed by atoms with Crippen LogP contribution in [0.15, 0.2) is 30.5 Å². The van der Waals surface area contributed by atoms with Crippen molar-refractivity contribution < 1.29 is 14.4 Å². The van der Waals surface area contributed by atoms with Gasteiger partial charge in [0.25, 0.3) is 0 Å². The van der Waals surface area contributed by atoms with Crippen LogP contribution >= 0.6 is 0 Å². The van der Waals surface area contributed by atoms with Gasteiger partial charge in [0.05, 0.1) is 31.3 Å². The first kappa shape index (κ1) is 18.8. The summed E-state index contributed by atoms with van der Waals surface area (Å²) in [6.45, 7) is 3.48. The Bertz CT molecular complexity index is 779. The molecule has 1 aliphatic heterocycles. The lowest BCUT2D eigenvalue weighted by molar-refractivity contribution is -0.384. The number of nitrogens with two attached hydrogens (primary N) is 1. The first-order valence-corrected chi connectivity index (χ1v) is 8.55. The molecule has 0 radical (unpaired) electrons. The van der Waals surface area contributed by atoms with Gasteiger partial charge in [0, 0.05) is 19.6 Å². The van der Waals surface area contributed by atoms with Gasteiger partial charge in [-0.15, -0.1) is 0 Å². The second-order valence-electron chi connectivity index (χ2n) is 6.04. The molecule has 0 bridgehead atoms. The zero-order valence-electron chi connectivity index (χ0n) is 15.0. The highest BCUT2D eigenvalue weighted by molar-refractivity contribution is 5.53. The first-order valence-electron chi connectivity index (χ1n) is 8.55. The minimum Gasteiger partial charge on any atom is -0.497 e. The summed E-state index contributed by atoms with van der Waals surface area (Å²) >= 11 is 0. The Labute approximate surface area is 156 Å². The molecule has 0 unspecified atom stereocenters. The maximum absolute atomic E-state index is 10.8. The van der Waals surface area contributed by atoms with Crippen molar-refractivity contribution in [1.29, 1.82) is 0 Å². The van der Waals surface area contributed by atoms with E-state index in [0.717, 1.165) is 30.6 Å². The summed E-state index contributed by atoms with van der Waals surface area (Å²) in [6, 6.07) is 7.93. The minimum absolute atomic E-state index is 0.0554. The number of nitrogens with one attached hydrogen (secondary N) is 1. The number of nitrogen functional groups attached to an aromatic ring is 1. The summed E-state index contributed by atoms with van der Waals surface area (Å²) in [5.74, 6) is 0.883. The lowest BCUT2D eigenvalue weighted by Gasteiger charge is -2.35. The fraction of sp³-hybridized carbons (Fsp3) is 0.412. The van der Waals surface area contributed by atoms with Crippen LogP contribution in [-0.4, -0.2) is 59.7 Å². The van der Waals surface area contributed by atoms with E-state index in [-0.39, 0.29) is 23.5 Å². The zero-order valence-corrected chi connectivity index (χ0v) is 15.0. The largest absolute Gasteiger partial charge is 0.497 e. The molecule has 3 rings (SSSR count). The fourth-order valence-electron chi connectivity index (χ4n) is 2.98. The first-order chi connectivity index (χ1) is 13.1. The molecule has 2 aromatic rings. The topological polar surface area (TPSA) is 129 Å². The van der Waals surface area contributed by atoms with E-state index in [1.807, 2.05) is 24.3 Å². The lowest BCUT2D eigenvalue weighted by atomic mass is 10.0. The number of morpholine rings is 1. The predicted molar refractivity (Wildman–Crippen MR) is 99.7 cm³/mol. The van der Waals surface area contributed by atoms with E-state index in [0.29, 0.717) is 19.8 Å². The smallest absolute Gasteiger partial charge is 0.329 e. The molecule has 10 nitrogen and oxygen atoms in total. The third-order valence-corrected chi connectivity index (χ3v) is 4.44. The normalized spacial score (nSPS) is 15.9. The van der Waals surface area contributed by atoms with Gasteiger partial charge in [0.15, 0.2) is 0 Å². The number of aromatic nitrogens is 2. The van der Waals surface area contributed by atoms with E-state index in [4.69, 9.17) is 15.2 Å². The standard InChI is InChI=1S/C17H22N6O4/c1-26-13-4-2-12(3-5-13)14(22-6-8-27-9-7-22)10-19-17-20-11-15(23(24)25)16(18)21-17/h2-5,11,14H,6-10H2,1H3,(H3,18,19,20,21)/t14-/m1/s1. The van der Waals surface area contributed by atoms with Crippen molar-refractivity contribution in [2.24, 2.45) is 0 Å². The Morgan fingerprint density at radius 2 is 2.07 bits per heavy atom. The Morgan fingerprint density at radius 1 is 1.37 bits per heavy atom. The van der Waals surface area contributed by atoms with Crippen LogP contribution in [-0.2, 0) is 4.74 Å². The molecule has 0 aliphatic carbocycles. The van der Waals surface area contributed by atoms with E-state index < -0.39 is 4.92 Å². The average molecular weight is 374 g/mol. The van der Waals surface area contributed by atoms with Gasteiger partial charge < -0.3 is 20.5 Å². The van der Waals surface area contributed by atoms with Crippen LogP contribution in [0.1, 0.15) is 11.6 Å². The van der Waals surface area contributed by atoms with Gasteiger partial charge in [-0.1, -0.05) is 12.1 Å². The molecule has 1 aromatic carbocycles. The Kier molecular flexibility index (Phi) is 5.99. The molecule has 3 N–H and O–H groups in total. The number of methoxy groups -OCH3 is 1. The Hall–Kier alpha value is -2.98. The van der Waals surface area contributed by atoms with Crippen LogP contribution in [0.2, 0.25) is 0 Å². The van der Waals surface area contributed by atoms with Crippen molar-refractivity contribution in [3.05, 3.63) is 46.1 Å². The number of nitrogens with zero attached hydrogens (tertiary/aromatic N) is 4. The SMILES string of the molecule is COc1ccc([C@@H](CNc2ncc([N+](=O)[O-])c(N)n2)N2CCOCC2)cc1. The molecular formula is C17H22N6O4. The molecule has 1 aliphatic rings. The summed E-state index contributed by atoms with van der Waals surface area (Å²) in [4.78, 5) is 20.5. The second-order valence-corrected chi connectivity index (χ2v) is 6.04. The number of benzene rings is 1. The molecule has 0 spiro atoms. The molecule has 1 atom stereocenters. The maximum atomic E-state index is 10.8. The van der Waals surface area contributed by atoms with E-state index in [9.17, 15) is 10.1 Å². The molecule has 144 valence electrons. The van der Waals surface area contributed by atoms with Crippen LogP contribution in [0.4, 0.5) is 17.5 Å². The van der Waals surface area contributed by atoms with Crippen molar-refractivity contribution in [3.63, 3.8) is 0 Å². The van der Waals surface area contributed by atoms with E-state index >= 15 is 0 Å². The maximum Gasteiger partial charge on any atom is 0.329 e. The van der Waals surface area contributed by atoms with E-state index in [2.05, 4.69) is 20.2 Å². The van der Waals surface area contributed by atoms with Crippen LogP contribution in [0.5, 0.6) is 5.75 Å². The minimum atomic E-state index is -0.604. The van der Waals surface area contributed by atoms with Crippen LogP contribution < -0.4 is 15.8 Å². The van der Waals surface area contributed by atoms with Gasteiger partial charge in [0.2, 0.25) is 11.8 Å². The molecule has 0 amide bonds. The van der Waals surface area contributed by atoms with Gasteiger partial charge in [-0.2, -0.15) is 4.98 Å². The zero-order chi connectivity index (χ0) is 19.2. The quantitative estimate of drug-likeness (QED) is 0.546.